The molecule has 0 aliphatic heterocycles. The van der Waals surface area contributed by atoms with Crippen LogP contribution in [0.4, 0.5) is 0 Å². The first-order valence-corrected chi connectivity index (χ1v) is 8.45. The van der Waals surface area contributed by atoms with Crippen molar-refractivity contribution in [3.63, 3.8) is 0 Å². The van der Waals surface area contributed by atoms with Crippen LogP contribution < -0.4 is 10.6 Å². The third kappa shape index (κ3) is 6.91. The molecule has 5 heteroatoms. The van der Waals surface area contributed by atoms with Crippen LogP contribution >= 0.6 is 11.3 Å². The predicted octanol–water partition coefficient (Wildman–Crippen LogP) is 2.54. The van der Waals surface area contributed by atoms with E-state index in [0.717, 1.165) is 51.6 Å². The summed E-state index contributed by atoms with van der Waals surface area (Å²) in [5.74, 6) is 0.917. The molecule has 1 heterocycles. The van der Waals surface area contributed by atoms with Gasteiger partial charge in [0, 0.05) is 18.0 Å². The molecule has 0 saturated carbocycles. The van der Waals surface area contributed by atoms with Gasteiger partial charge in [0.2, 0.25) is 0 Å². The second-order valence-corrected chi connectivity index (χ2v) is 5.61. The summed E-state index contributed by atoms with van der Waals surface area (Å²) in [4.78, 5) is 8.34. The monoisotopic (exact) mass is 296 g/mol. The lowest BCUT2D eigenvalue weighted by Gasteiger charge is -2.18. The molecular weight excluding hydrogens is 268 g/mol. The Morgan fingerprint density at radius 2 is 2.05 bits per heavy atom. The first kappa shape index (κ1) is 17.0. The lowest BCUT2D eigenvalue weighted by molar-refractivity contribution is 0.300. The molecule has 1 aromatic rings. The largest absolute Gasteiger partial charge is 0.357 e. The van der Waals surface area contributed by atoms with Crippen LogP contribution in [0.25, 0.3) is 0 Å². The third-order valence-electron chi connectivity index (χ3n) is 3.16. The summed E-state index contributed by atoms with van der Waals surface area (Å²) in [6, 6.07) is 4.19. The van der Waals surface area contributed by atoms with Crippen molar-refractivity contribution >= 4 is 17.3 Å². The molecule has 2 N–H and O–H groups in total. The van der Waals surface area contributed by atoms with E-state index in [2.05, 4.69) is 58.8 Å². The van der Waals surface area contributed by atoms with Crippen molar-refractivity contribution in [2.45, 2.75) is 33.7 Å². The summed E-state index contributed by atoms with van der Waals surface area (Å²) < 4.78 is 0. The predicted molar refractivity (Wildman–Crippen MR) is 89.5 cm³/mol. The molecule has 0 saturated heterocycles. The number of thiophene rings is 1. The summed E-state index contributed by atoms with van der Waals surface area (Å²) >= 11 is 1.75. The molecule has 0 spiro atoms. The van der Waals surface area contributed by atoms with Crippen LogP contribution in [0.15, 0.2) is 22.5 Å². The highest BCUT2D eigenvalue weighted by Crippen LogP contribution is 2.09. The van der Waals surface area contributed by atoms with E-state index in [-0.39, 0.29) is 0 Å². The van der Waals surface area contributed by atoms with Crippen molar-refractivity contribution in [1.29, 1.82) is 0 Å². The van der Waals surface area contributed by atoms with Crippen molar-refractivity contribution in [2.75, 3.05) is 32.7 Å². The Hall–Kier alpha value is -1.07. The van der Waals surface area contributed by atoms with Crippen LogP contribution in [0.1, 0.15) is 32.1 Å². The minimum Gasteiger partial charge on any atom is -0.357 e. The first-order valence-electron chi connectivity index (χ1n) is 7.57. The number of hydrogen-bond acceptors (Lipinski definition) is 3. The highest BCUT2D eigenvalue weighted by Gasteiger charge is 2.00. The summed E-state index contributed by atoms with van der Waals surface area (Å²) in [5.41, 5.74) is 0. The molecule has 0 unspecified atom stereocenters. The molecule has 0 aliphatic carbocycles. The highest BCUT2D eigenvalue weighted by atomic mass is 32.1. The molecule has 0 aliphatic rings. The number of nitrogens with zero attached hydrogens (tertiary/aromatic N) is 2. The average molecular weight is 296 g/mol. The summed E-state index contributed by atoms with van der Waals surface area (Å²) in [5, 5.41) is 8.79. The van der Waals surface area contributed by atoms with Gasteiger partial charge in [-0.1, -0.05) is 19.9 Å². The molecule has 1 aromatic heterocycles. The molecule has 1 rings (SSSR count). The van der Waals surface area contributed by atoms with Gasteiger partial charge in [-0.2, -0.15) is 0 Å². The van der Waals surface area contributed by atoms with Gasteiger partial charge < -0.3 is 15.5 Å². The molecule has 114 valence electrons. The second kappa shape index (κ2) is 10.7. The number of aliphatic imine (C=N–C) groups is 1. The summed E-state index contributed by atoms with van der Waals surface area (Å²) in [6.07, 6.45) is 1.14. The van der Waals surface area contributed by atoms with E-state index in [1.165, 1.54) is 4.88 Å². The zero-order valence-electron chi connectivity index (χ0n) is 13.0. The maximum Gasteiger partial charge on any atom is 0.191 e. The minimum atomic E-state index is 0.753. The SMILES string of the molecule is CCNC(=NCc1cccs1)NCCCN(CC)CC. The average Bonchev–Trinajstić information content (AvgIpc) is 2.98. The fourth-order valence-corrected chi connectivity index (χ4v) is 2.58. The summed E-state index contributed by atoms with van der Waals surface area (Å²) in [7, 11) is 0. The normalized spacial score (nSPS) is 11.9. The zero-order valence-corrected chi connectivity index (χ0v) is 13.8. The van der Waals surface area contributed by atoms with Crippen molar-refractivity contribution < 1.29 is 0 Å². The fraction of sp³-hybridized carbons (Fsp3) is 0.667. The maximum atomic E-state index is 4.60. The van der Waals surface area contributed by atoms with E-state index in [1.807, 2.05) is 0 Å². The van der Waals surface area contributed by atoms with Crippen molar-refractivity contribution in [3.05, 3.63) is 22.4 Å². The molecule has 20 heavy (non-hydrogen) atoms. The number of hydrogen-bond donors (Lipinski definition) is 2. The van der Waals surface area contributed by atoms with Gasteiger partial charge in [0.25, 0.3) is 0 Å². The smallest absolute Gasteiger partial charge is 0.191 e. The van der Waals surface area contributed by atoms with Crippen molar-refractivity contribution in [1.82, 2.24) is 15.5 Å². The van der Waals surface area contributed by atoms with Gasteiger partial charge in [-0.25, -0.2) is 4.99 Å². The molecule has 0 atom stereocenters. The number of rotatable bonds is 9. The van der Waals surface area contributed by atoms with E-state index in [9.17, 15) is 0 Å². The Morgan fingerprint density at radius 3 is 2.65 bits per heavy atom. The van der Waals surface area contributed by atoms with E-state index in [4.69, 9.17) is 0 Å². The van der Waals surface area contributed by atoms with Crippen molar-refractivity contribution in [3.8, 4) is 0 Å². The third-order valence-corrected chi connectivity index (χ3v) is 4.02. The van der Waals surface area contributed by atoms with Gasteiger partial charge in [0.1, 0.15) is 0 Å². The molecule has 0 fully saturated rings. The Morgan fingerprint density at radius 1 is 1.25 bits per heavy atom. The topological polar surface area (TPSA) is 39.7 Å². The van der Waals surface area contributed by atoms with Crippen LogP contribution in [-0.4, -0.2) is 43.6 Å². The molecule has 0 radical (unpaired) electrons. The lowest BCUT2D eigenvalue weighted by atomic mass is 10.3. The van der Waals surface area contributed by atoms with E-state index in [0.29, 0.717) is 0 Å². The minimum absolute atomic E-state index is 0.753. The molecule has 0 bridgehead atoms. The van der Waals surface area contributed by atoms with E-state index in [1.54, 1.807) is 11.3 Å². The van der Waals surface area contributed by atoms with Gasteiger partial charge in [-0.3, -0.25) is 0 Å². The highest BCUT2D eigenvalue weighted by molar-refractivity contribution is 7.09. The van der Waals surface area contributed by atoms with Crippen LogP contribution in [-0.2, 0) is 6.54 Å². The second-order valence-electron chi connectivity index (χ2n) is 4.58. The van der Waals surface area contributed by atoms with Gasteiger partial charge in [0.05, 0.1) is 6.54 Å². The van der Waals surface area contributed by atoms with Gasteiger partial charge in [-0.15, -0.1) is 11.3 Å². The molecular formula is C15H28N4S. The number of guanidine groups is 1. The molecule has 4 nitrogen and oxygen atoms in total. The fourth-order valence-electron chi connectivity index (χ4n) is 1.95. The summed E-state index contributed by atoms with van der Waals surface area (Å²) in [6.45, 7) is 12.5. The van der Waals surface area contributed by atoms with Gasteiger partial charge in [-0.05, 0) is 44.4 Å². The van der Waals surface area contributed by atoms with Crippen LogP contribution in [0.5, 0.6) is 0 Å². The Labute approximate surface area is 127 Å². The van der Waals surface area contributed by atoms with Gasteiger partial charge in [0.15, 0.2) is 5.96 Å². The van der Waals surface area contributed by atoms with Crippen molar-refractivity contribution in [2.24, 2.45) is 4.99 Å². The molecule has 0 aromatic carbocycles. The Kier molecular flexibility index (Phi) is 9.07. The lowest BCUT2D eigenvalue weighted by Crippen LogP contribution is -2.38. The standard InChI is InChI=1S/C15H28N4S/c1-4-16-15(18-13-14-9-7-12-20-14)17-10-8-11-19(5-2)6-3/h7,9,12H,4-6,8,10-11,13H2,1-3H3,(H2,16,17,18). The first-order chi connectivity index (χ1) is 9.80. The Bertz CT molecular complexity index is 358. The Balaban J connectivity index is 2.29. The van der Waals surface area contributed by atoms with Crippen LogP contribution in [0, 0.1) is 0 Å². The maximum absolute atomic E-state index is 4.60. The van der Waals surface area contributed by atoms with E-state index < -0.39 is 0 Å². The number of nitrogens with one attached hydrogen (secondary N) is 2. The quantitative estimate of drug-likeness (QED) is 0.418. The van der Waals surface area contributed by atoms with Crippen LogP contribution in [0.3, 0.4) is 0 Å². The zero-order chi connectivity index (χ0) is 14.6. The molecule has 0 amide bonds. The van der Waals surface area contributed by atoms with E-state index >= 15 is 0 Å². The van der Waals surface area contributed by atoms with Gasteiger partial charge >= 0.3 is 0 Å². The van der Waals surface area contributed by atoms with Crippen LogP contribution in [0.2, 0.25) is 0 Å².